The van der Waals surface area contributed by atoms with Crippen molar-refractivity contribution in [1.82, 2.24) is 9.88 Å². The van der Waals surface area contributed by atoms with Crippen molar-refractivity contribution < 1.29 is 4.79 Å². The lowest BCUT2D eigenvalue weighted by Gasteiger charge is -2.34. The van der Waals surface area contributed by atoms with Gasteiger partial charge in [-0.15, -0.1) is 11.3 Å². The standard InChI is InChI=1S/C17H15Cl2N3OS2/c1-10-3-2-4-12-14(10)20-17(24-12)22-7-5-21(6-8-22)16(23)11-9-13(18)25-15(11)19/h2-4,9H,5-8H2,1H3. The van der Waals surface area contributed by atoms with Gasteiger partial charge >= 0.3 is 0 Å². The van der Waals surface area contributed by atoms with Crippen molar-refractivity contribution in [2.45, 2.75) is 6.92 Å². The van der Waals surface area contributed by atoms with Crippen LogP contribution >= 0.6 is 45.9 Å². The summed E-state index contributed by atoms with van der Waals surface area (Å²) in [5, 5.41) is 1.02. The monoisotopic (exact) mass is 411 g/mol. The first-order valence-electron chi connectivity index (χ1n) is 7.88. The van der Waals surface area contributed by atoms with Gasteiger partial charge in [-0.2, -0.15) is 0 Å². The number of aromatic nitrogens is 1. The van der Waals surface area contributed by atoms with E-state index in [1.807, 2.05) is 4.90 Å². The average molecular weight is 412 g/mol. The fourth-order valence-corrected chi connectivity index (χ4v) is 5.51. The van der Waals surface area contributed by atoms with Gasteiger partial charge in [-0.3, -0.25) is 4.79 Å². The Morgan fingerprint density at radius 1 is 1.16 bits per heavy atom. The third-order valence-electron chi connectivity index (χ3n) is 4.33. The Balaban J connectivity index is 1.48. The molecule has 1 amide bonds. The number of halogens is 2. The number of fused-ring (bicyclic) bond motifs is 1. The lowest BCUT2D eigenvalue weighted by atomic mass is 10.2. The molecule has 0 saturated carbocycles. The lowest BCUT2D eigenvalue weighted by Crippen LogP contribution is -2.48. The summed E-state index contributed by atoms with van der Waals surface area (Å²) in [6.45, 7) is 4.91. The highest BCUT2D eigenvalue weighted by Crippen LogP contribution is 2.33. The second kappa shape index (κ2) is 6.76. The zero-order valence-electron chi connectivity index (χ0n) is 13.5. The minimum atomic E-state index is -0.0482. The number of thiophene rings is 1. The quantitative estimate of drug-likeness (QED) is 0.599. The number of benzene rings is 1. The molecule has 25 heavy (non-hydrogen) atoms. The largest absolute Gasteiger partial charge is 0.345 e. The number of aryl methyl sites for hydroxylation is 1. The number of rotatable bonds is 2. The van der Waals surface area contributed by atoms with E-state index in [1.165, 1.54) is 21.6 Å². The molecule has 0 unspecified atom stereocenters. The summed E-state index contributed by atoms with van der Waals surface area (Å²) in [5.74, 6) is -0.0482. The number of hydrogen-bond donors (Lipinski definition) is 0. The Hall–Kier alpha value is -1.34. The second-order valence-corrected chi connectivity index (χ2v) is 9.23. The number of anilines is 1. The molecule has 1 saturated heterocycles. The van der Waals surface area contributed by atoms with E-state index in [-0.39, 0.29) is 5.91 Å². The molecule has 0 aliphatic carbocycles. The number of hydrogen-bond acceptors (Lipinski definition) is 5. The highest BCUT2D eigenvalue weighted by atomic mass is 35.5. The van der Waals surface area contributed by atoms with Gasteiger partial charge in [-0.25, -0.2) is 4.98 Å². The highest BCUT2D eigenvalue weighted by molar-refractivity contribution is 7.22. The Morgan fingerprint density at radius 3 is 2.56 bits per heavy atom. The van der Waals surface area contributed by atoms with Crippen LogP contribution in [0.4, 0.5) is 5.13 Å². The Bertz CT molecular complexity index is 945. The molecule has 0 radical (unpaired) electrons. The molecule has 2 aromatic heterocycles. The normalized spacial score (nSPS) is 15.2. The van der Waals surface area contributed by atoms with E-state index in [0.29, 0.717) is 27.3 Å². The lowest BCUT2D eigenvalue weighted by molar-refractivity contribution is 0.0747. The number of carbonyl (C=O) groups excluding carboxylic acids is 1. The number of amides is 1. The van der Waals surface area contributed by atoms with Gasteiger partial charge in [0.25, 0.3) is 5.91 Å². The van der Waals surface area contributed by atoms with Crippen molar-refractivity contribution in [3.8, 4) is 0 Å². The van der Waals surface area contributed by atoms with E-state index in [1.54, 1.807) is 17.4 Å². The van der Waals surface area contributed by atoms with Crippen molar-refractivity contribution in [1.29, 1.82) is 0 Å². The minimum absolute atomic E-state index is 0.0482. The summed E-state index contributed by atoms with van der Waals surface area (Å²) in [6, 6.07) is 7.90. The maximum Gasteiger partial charge on any atom is 0.256 e. The smallest absolute Gasteiger partial charge is 0.256 e. The minimum Gasteiger partial charge on any atom is -0.345 e. The first-order chi connectivity index (χ1) is 12.0. The molecule has 1 fully saturated rings. The summed E-state index contributed by atoms with van der Waals surface area (Å²) in [5.41, 5.74) is 2.76. The number of carbonyl (C=O) groups is 1. The number of nitrogens with zero attached hydrogens (tertiary/aromatic N) is 3. The Morgan fingerprint density at radius 2 is 1.92 bits per heavy atom. The van der Waals surface area contributed by atoms with E-state index in [2.05, 4.69) is 30.0 Å². The summed E-state index contributed by atoms with van der Waals surface area (Å²) < 4.78 is 2.20. The second-order valence-electron chi connectivity index (χ2n) is 5.94. The summed E-state index contributed by atoms with van der Waals surface area (Å²) >= 11 is 15.0. The van der Waals surface area contributed by atoms with Crippen LogP contribution in [0.5, 0.6) is 0 Å². The molecule has 1 aliphatic rings. The van der Waals surface area contributed by atoms with Crippen LogP contribution in [-0.4, -0.2) is 42.0 Å². The highest BCUT2D eigenvalue weighted by Gasteiger charge is 2.26. The van der Waals surface area contributed by atoms with Crippen molar-refractivity contribution in [2.24, 2.45) is 0 Å². The topological polar surface area (TPSA) is 36.4 Å². The van der Waals surface area contributed by atoms with Crippen LogP contribution in [-0.2, 0) is 0 Å². The summed E-state index contributed by atoms with van der Waals surface area (Å²) in [4.78, 5) is 21.5. The average Bonchev–Trinajstić information content (AvgIpc) is 3.18. The van der Waals surface area contributed by atoms with E-state index in [9.17, 15) is 4.79 Å². The zero-order valence-corrected chi connectivity index (χ0v) is 16.6. The van der Waals surface area contributed by atoms with Crippen molar-refractivity contribution in [3.05, 3.63) is 44.1 Å². The number of para-hydroxylation sites is 1. The molecular formula is C17H15Cl2N3OS2. The summed E-state index contributed by atoms with van der Waals surface area (Å²) in [6.07, 6.45) is 0. The van der Waals surface area contributed by atoms with Crippen molar-refractivity contribution >= 4 is 67.1 Å². The maximum atomic E-state index is 12.6. The van der Waals surface area contributed by atoms with Crippen LogP contribution in [0.25, 0.3) is 10.2 Å². The van der Waals surface area contributed by atoms with Gasteiger partial charge in [0.1, 0.15) is 4.34 Å². The molecular weight excluding hydrogens is 397 g/mol. The molecule has 0 bridgehead atoms. The fourth-order valence-electron chi connectivity index (χ4n) is 2.97. The van der Waals surface area contributed by atoms with Gasteiger partial charge in [0.15, 0.2) is 5.13 Å². The zero-order chi connectivity index (χ0) is 17.6. The summed E-state index contributed by atoms with van der Waals surface area (Å²) in [7, 11) is 0. The van der Waals surface area contributed by atoms with Gasteiger partial charge in [0.2, 0.25) is 0 Å². The SMILES string of the molecule is Cc1cccc2sc(N3CCN(C(=O)c4cc(Cl)sc4Cl)CC3)nc12. The van der Waals surface area contributed by atoms with Crippen molar-refractivity contribution in [3.63, 3.8) is 0 Å². The van der Waals surface area contributed by atoms with Gasteiger partial charge in [0.05, 0.1) is 20.1 Å². The number of piperazine rings is 1. The van der Waals surface area contributed by atoms with E-state index in [0.717, 1.165) is 23.7 Å². The van der Waals surface area contributed by atoms with Crippen LogP contribution in [0.2, 0.25) is 8.67 Å². The van der Waals surface area contributed by atoms with Gasteiger partial charge in [0, 0.05) is 26.2 Å². The Labute approximate surface area is 163 Å². The molecule has 8 heteroatoms. The first kappa shape index (κ1) is 17.1. The van der Waals surface area contributed by atoms with Gasteiger partial charge in [-0.05, 0) is 24.6 Å². The third kappa shape index (κ3) is 3.24. The van der Waals surface area contributed by atoms with Crippen LogP contribution in [0.15, 0.2) is 24.3 Å². The molecule has 4 nitrogen and oxygen atoms in total. The molecule has 1 aromatic carbocycles. The van der Waals surface area contributed by atoms with Gasteiger partial charge in [-0.1, -0.05) is 46.7 Å². The molecule has 1 aliphatic heterocycles. The fraction of sp³-hybridized carbons (Fsp3) is 0.294. The maximum absolute atomic E-state index is 12.6. The van der Waals surface area contributed by atoms with Gasteiger partial charge < -0.3 is 9.80 Å². The molecule has 3 heterocycles. The first-order valence-corrected chi connectivity index (χ1v) is 10.3. The third-order valence-corrected chi connectivity index (χ3v) is 6.90. The van der Waals surface area contributed by atoms with Crippen molar-refractivity contribution in [2.75, 3.05) is 31.1 Å². The Kier molecular flexibility index (Phi) is 4.62. The van der Waals surface area contributed by atoms with Crippen LogP contribution in [0, 0.1) is 6.92 Å². The molecule has 130 valence electrons. The molecule has 3 aromatic rings. The molecule has 0 atom stereocenters. The predicted octanol–water partition coefficient (Wildman–Crippen LogP) is 4.94. The predicted molar refractivity (Wildman–Crippen MR) is 107 cm³/mol. The van der Waals surface area contributed by atoms with E-state index >= 15 is 0 Å². The molecule has 4 rings (SSSR count). The van der Waals surface area contributed by atoms with Crippen LogP contribution in [0.1, 0.15) is 15.9 Å². The van der Waals surface area contributed by atoms with Crippen LogP contribution < -0.4 is 4.90 Å². The van der Waals surface area contributed by atoms with E-state index < -0.39 is 0 Å². The molecule has 0 N–H and O–H groups in total. The molecule has 0 spiro atoms. The van der Waals surface area contributed by atoms with E-state index in [4.69, 9.17) is 28.2 Å². The van der Waals surface area contributed by atoms with Crippen LogP contribution in [0.3, 0.4) is 0 Å². The number of thiazole rings is 1.